The Bertz CT molecular complexity index is 159. The van der Waals surface area contributed by atoms with Crippen LogP contribution in [0.1, 0.15) is 39.0 Å². The second kappa shape index (κ2) is 12.5. The van der Waals surface area contributed by atoms with E-state index in [0.717, 1.165) is 13.0 Å². The van der Waals surface area contributed by atoms with Crippen LogP contribution < -0.4 is 0 Å². The van der Waals surface area contributed by atoms with Crippen molar-refractivity contribution < 1.29 is 19.0 Å². The van der Waals surface area contributed by atoms with Gasteiger partial charge in [0.05, 0.1) is 20.3 Å². The van der Waals surface area contributed by atoms with Crippen molar-refractivity contribution >= 4 is 5.97 Å². The maximum absolute atomic E-state index is 10.7. The maximum Gasteiger partial charge on any atom is 0.305 e. The number of carbonyl (C=O) groups excluding carboxylic acids is 1. The van der Waals surface area contributed by atoms with Crippen LogP contribution in [0.4, 0.5) is 0 Å². The topological polar surface area (TPSA) is 44.8 Å². The van der Waals surface area contributed by atoms with Crippen LogP contribution in [0.15, 0.2) is 0 Å². The molecule has 0 spiro atoms. The van der Waals surface area contributed by atoms with Crippen LogP contribution >= 0.6 is 0 Å². The third kappa shape index (κ3) is 11.5. The molecule has 0 saturated carbocycles. The maximum atomic E-state index is 10.7. The highest BCUT2D eigenvalue weighted by Gasteiger charge is 1.98. The standard InChI is InChI=1S/C12H24O4/c1-3-4-5-8-15-10-11-16-9-6-7-12(13)14-2/h3-11H2,1-2H3. The van der Waals surface area contributed by atoms with Gasteiger partial charge in [0.15, 0.2) is 0 Å². The van der Waals surface area contributed by atoms with Crippen molar-refractivity contribution in [3.05, 3.63) is 0 Å². The highest BCUT2D eigenvalue weighted by molar-refractivity contribution is 5.68. The van der Waals surface area contributed by atoms with Crippen molar-refractivity contribution in [3.63, 3.8) is 0 Å². The number of hydrogen-bond donors (Lipinski definition) is 0. The fourth-order valence-corrected chi connectivity index (χ4v) is 1.20. The average molecular weight is 232 g/mol. The van der Waals surface area contributed by atoms with Crippen LogP contribution in [0, 0.1) is 0 Å². The van der Waals surface area contributed by atoms with Crippen molar-refractivity contribution in [2.45, 2.75) is 39.0 Å². The summed E-state index contributed by atoms with van der Waals surface area (Å²) in [4.78, 5) is 10.7. The van der Waals surface area contributed by atoms with E-state index in [1.165, 1.54) is 20.0 Å². The Labute approximate surface area is 98.3 Å². The van der Waals surface area contributed by atoms with Crippen molar-refractivity contribution in [2.75, 3.05) is 33.5 Å². The molecule has 0 fully saturated rings. The fourth-order valence-electron chi connectivity index (χ4n) is 1.20. The molecule has 0 aromatic heterocycles. The molecule has 0 aliphatic carbocycles. The van der Waals surface area contributed by atoms with E-state index in [1.807, 2.05) is 0 Å². The lowest BCUT2D eigenvalue weighted by molar-refractivity contribution is -0.141. The summed E-state index contributed by atoms with van der Waals surface area (Å²) in [7, 11) is 1.40. The quantitative estimate of drug-likeness (QED) is 0.404. The number of esters is 1. The van der Waals surface area contributed by atoms with Crippen molar-refractivity contribution in [3.8, 4) is 0 Å². The smallest absolute Gasteiger partial charge is 0.305 e. The predicted octanol–water partition coefficient (Wildman–Crippen LogP) is 2.16. The van der Waals surface area contributed by atoms with E-state index in [-0.39, 0.29) is 5.97 Å². The van der Waals surface area contributed by atoms with E-state index in [2.05, 4.69) is 11.7 Å². The van der Waals surface area contributed by atoms with Gasteiger partial charge in [0, 0.05) is 19.6 Å². The zero-order chi connectivity index (χ0) is 12.1. The van der Waals surface area contributed by atoms with Crippen LogP contribution in [0.3, 0.4) is 0 Å². The van der Waals surface area contributed by atoms with Gasteiger partial charge in [0.1, 0.15) is 0 Å². The average Bonchev–Trinajstić information content (AvgIpc) is 2.31. The van der Waals surface area contributed by atoms with E-state index < -0.39 is 0 Å². The Hall–Kier alpha value is -0.610. The number of unbranched alkanes of at least 4 members (excludes halogenated alkanes) is 2. The molecular weight excluding hydrogens is 208 g/mol. The molecule has 0 saturated heterocycles. The van der Waals surface area contributed by atoms with Gasteiger partial charge in [-0.3, -0.25) is 4.79 Å². The van der Waals surface area contributed by atoms with E-state index >= 15 is 0 Å². The van der Waals surface area contributed by atoms with Gasteiger partial charge in [-0.25, -0.2) is 0 Å². The predicted molar refractivity (Wildman–Crippen MR) is 62.4 cm³/mol. The highest BCUT2D eigenvalue weighted by Crippen LogP contribution is 1.95. The molecule has 0 atom stereocenters. The molecule has 4 heteroatoms. The number of rotatable bonds is 11. The van der Waals surface area contributed by atoms with Crippen molar-refractivity contribution in [1.29, 1.82) is 0 Å². The van der Waals surface area contributed by atoms with Gasteiger partial charge in [-0.1, -0.05) is 19.8 Å². The molecule has 96 valence electrons. The molecular formula is C12H24O4. The molecule has 0 bridgehead atoms. The summed E-state index contributed by atoms with van der Waals surface area (Å²) in [6.07, 6.45) is 4.70. The minimum atomic E-state index is -0.181. The minimum absolute atomic E-state index is 0.181. The number of hydrogen-bond acceptors (Lipinski definition) is 4. The summed E-state index contributed by atoms with van der Waals surface area (Å²) in [5.41, 5.74) is 0. The molecule has 0 radical (unpaired) electrons. The summed E-state index contributed by atoms with van der Waals surface area (Å²) in [6, 6.07) is 0. The lowest BCUT2D eigenvalue weighted by Crippen LogP contribution is -2.08. The van der Waals surface area contributed by atoms with E-state index in [9.17, 15) is 4.79 Å². The molecule has 0 aliphatic rings. The molecule has 0 rings (SSSR count). The SMILES string of the molecule is CCCCCOCCOCCCC(=O)OC. The number of methoxy groups -OCH3 is 1. The lowest BCUT2D eigenvalue weighted by Gasteiger charge is -2.05. The molecule has 0 N–H and O–H groups in total. The Morgan fingerprint density at radius 2 is 1.56 bits per heavy atom. The van der Waals surface area contributed by atoms with Gasteiger partial charge >= 0.3 is 5.97 Å². The second-order valence-electron chi connectivity index (χ2n) is 3.61. The van der Waals surface area contributed by atoms with Gasteiger partial charge < -0.3 is 14.2 Å². The molecule has 0 unspecified atom stereocenters. The zero-order valence-electron chi connectivity index (χ0n) is 10.5. The second-order valence-corrected chi connectivity index (χ2v) is 3.61. The molecule has 4 nitrogen and oxygen atoms in total. The third-order valence-electron chi connectivity index (χ3n) is 2.16. The van der Waals surface area contributed by atoms with Crippen LogP contribution in [0.2, 0.25) is 0 Å². The van der Waals surface area contributed by atoms with Gasteiger partial charge in [0.25, 0.3) is 0 Å². The Morgan fingerprint density at radius 3 is 2.12 bits per heavy atom. The number of ether oxygens (including phenoxy) is 3. The van der Waals surface area contributed by atoms with E-state index in [4.69, 9.17) is 9.47 Å². The minimum Gasteiger partial charge on any atom is -0.469 e. The summed E-state index contributed by atoms with van der Waals surface area (Å²) in [6.45, 7) is 4.83. The van der Waals surface area contributed by atoms with E-state index in [1.54, 1.807) is 0 Å². The monoisotopic (exact) mass is 232 g/mol. The zero-order valence-corrected chi connectivity index (χ0v) is 10.5. The third-order valence-corrected chi connectivity index (χ3v) is 2.16. The van der Waals surface area contributed by atoms with Crippen molar-refractivity contribution in [2.24, 2.45) is 0 Å². The van der Waals surface area contributed by atoms with Gasteiger partial charge in [-0.2, -0.15) is 0 Å². The first-order valence-corrected chi connectivity index (χ1v) is 6.03. The largest absolute Gasteiger partial charge is 0.469 e. The molecule has 16 heavy (non-hydrogen) atoms. The Kier molecular flexibility index (Phi) is 12.0. The van der Waals surface area contributed by atoms with Crippen LogP contribution in [0.25, 0.3) is 0 Å². The first-order chi connectivity index (χ1) is 7.81. The van der Waals surface area contributed by atoms with Gasteiger partial charge in [-0.05, 0) is 12.8 Å². The van der Waals surface area contributed by atoms with Gasteiger partial charge in [0.2, 0.25) is 0 Å². The lowest BCUT2D eigenvalue weighted by atomic mass is 10.3. The Morgan fingerprint density at radius 1 is 0.938 bits per heavy atom. The first kappa shape index (κ1) is 15.4. The molecule has 0 aliphatic heterocycles. The molecule has 0 heterocycles. The molecule has 0 aromatic rings. The molecule has 0 aromatic carbocycles. The van der Waals surface area contributed by atoms with Gasteiger partial charge in [-0.15, -0.1) is 0 Å². The number of carbonyl (C=O) groups is 1. The van der Waals surface area contributed by atoms with E-state index in [0.29, 0.717) is 32.7 Å². The highest BCUT2D eigenvalue weighted by atomic mass is 16.5. The summed E-state index contributed by atoms with van der Waals surface area (Å²) in [5, 5.41) is 0. The summed E-state index contributed by atoms with van der Waals surface area (Å²) < 4.78 is 15.2. The van der Waals surface area contributed by atoms with Crippen LogP contribution in [-0.2, 0) is 19.0 Å². The summed E-state index contributed by atoms with van der Waals surface area (Å²) >= 11 is 0. The normalized spacial score (nSPS) is 10.4. The first-order valence-electron chi connectivity index (χ1n) is 6.03. The van der Waals surface area contributed by atoms with Crippen LogP contribution in [0.5, 0.6) is 0 Å². The van der Waals surface area contributed by atoms with Crippen LogP contribution in [-0.4, -0.2) is 39.5 Å². The Balaban J connectivity index is 2.96. The van der Waals surface area contributed by atoms with Crippen molar-refractivity contribution in [1.82, 2.24) is 0 Å². The molecule has 0 amide bonds. The summed E-state index contributed by atoms with van der Waals surface area (Å²) in [5.74, 6) is -0.181. The fraction of sp³-hybridized carbons (Fsp3) is 0.917.